The van der Waals surface area contributed by atoms with E-state index in [-0.39, 0.29) is 6.04 Å². The van der Waals surface area contributed by atoms with Gasteiger partial charge in [-0.1, -0.05) is 42.3 Å². The molecule has 0 aromatic heterocycles. The number of hydrogen-bond acceptors (Lipinski definition) is 2. The Morgan fingerprint density at radius 3 is 2.57 bits per heavy atom. The minimum absolute atomic E-state index is 0.167. The number of rotatable bonds is 2. The Kier molecular flexibility index (Phi) is 3.77. The first kappa shape index (κ1) is 13.5. The molecule has 1 atom stereocenters. The van der Waals surface area contributed by atoms with Crippen LogP contribution in [0.5, 0.6) is 11.5 Å². The lowest BCUT2D eigenvalue weighted by Gasteiger charge is -2.12. The van der Waals surface area contributed by atoms with Crippen molar-refractivity contribution in [3.63, 3.8) is 0 Å². The fraction of sp³-hybridized carbons (Fsp3) is 0.158. The largest absolute Gasteiger partial charge is 0.456 e. The molecule has 0 radical (unpaired) electrons. The van der Waals surface area contributed by atoms with Crippen LogP contribution in [0.15, 0.2) is 48.5 Å². The highest BCUT2D eigenvalue weighted by Gasteiger charge is 2.17. The topological polar surface area (TPSA) is 35.2 Å². The second-order valence-corrected chi connectivity index (χ2v) is 5.01. The third-order valence-electron chi connectivity index (χ3n) is 3.47. The summed E-state index contributed by atoms with van der Waals surface area (Å²) in [5.41, 5.74) is 9.40. The molecule has 1 aliphatic heterocycles. The van der Waals surface area contributed by atoms with Gasteiger partial charge in [-0.15, -0.1) is 5.92 Å². The normalized spacial score (nSPS) is 13.5. The van der Waals surface area contributed by atoms with E-state index >= 15 is 0 Å². The van der Waals surface area contributed by atoms with E-state index in [0.29, 0.717) is 6.42 Å². The Morgan fingerprint density at radius 2 is 1.76 bits per heavy atom. The Hall–Kier alpha value is -2.50. The van der Waals surface area contributed by atoms with Crippen LogP contribution >= 0.6 is 0 Å². The standard InChI is InChI=1S/C19H17NO/c1-2-7-16(20)13-15-12-14-8-3-5-10-18(14)21-19-11-6-4-9-17(15)19/h3-6,8-12,16H,13,20H2,1H3. The van der Waals surface area contributed by atoms with Crippen molar-refractivity contribution >= 4 is 11.6 Å². The van der Waals surface area contributed by atoms with Crippen LogP contribution < -0.4 is 10.5 Å². The van der Waals surface area contributed by atoms with Crippen LogP contribution in [0, 0.1) is 11.8 Å². The zero-order valence-electron chi connectivity index (χ0n) is 12.0. The molecule has 104 valence electrons. The van der Waals surface area contributed by atoms with Gasteiger partial charge in [0.15, 0.2) is 0 Å². The molecule has 1 aliphatic rings. The molecular weight excluding hydrogens is 258 g/mol. The fourth-order valence-electron chi connectivity index (χ4n) is 2.54. The van der Waals surface area contributed by atoms with E-state index in [9.17, 15) is 0 Å². The van der Waals surface area contributed by atoms with Crippen LogP contribution in [-0.4, -0.2) is 6.04 Å². The number of para-hydroxylation sites is 2. The predicted molar refractivity (Wildman–Crippen MR) is 86.9 cm³/mol. The average Bonchev–Trinajstić information content (AvgIpc) is 2.64. The van der Waals surface area contributed by atoms with Crippen molar-refractivity contribution in [1.29, 1.82) is 0 Å². The van der Waals surface area contributed by atoms with Crippen molar-refractivity contribution in [3.8, 4) is 23.3 Å². The summed E-state index contributed by atoms with van der Waals surface area (Å²) in [6.07, 6.45) is 2.86. The first-order valence-corrected chi connectivity index (χ1v) is 7.02. The highest BCUT2D eigenvalue weighted by molar-refractivity contribution is 5.87. The fourth-order valence-corrected chi connectivity index (χ4v) is 2.54. The molecule has 2 aromatic carbocycles. The van der Waals surface area contributed by atoms with Gasteiger partial charge in [0.1, 0.15) is 11.5 Å². The molecular formula is C19H17NO. The molecule has 2 heteroatoms. The smallest absolute Gasteiger partial charge is 0.134 e. The Labute approximate surface area is 125 Å². The minimum atomic E-state index is -0.167. The van der Waals surface area contributed by atoms with Crippen LogP contribution in [0.4, 0.5) is 0 Å². The Balaban J connectivity index is 2.10. The average molecular weight is 275 g/mol. The van der Waals surface area contributed by atoms with E-state index in [1.165, 1.54) is 0 Å². The number of ether oxygens (including phenoxy) is 1. The summed E-state index contributed by atoms with van der Waals surface area (Å²) >= 11 is 0. The van der Waals surface area contributed by atoms with Gasteiger partial charge in [-0.25, -0.2) is 0 Å². The maximum absolute atomic E-state index is 6.09. The molecule has 0 spiro atoms. The molecule has 0 amide bonds. The summed E-state index contributed by atoms with van der Waals surface area (Å²) in [6.45, 7) is 1.81. The van der Waals surface area contributed by atoms with Gasteiger partial charge in [0.2, 0.25) is 0 Å². The van der Waals surface area contributed by atoms with E-state index < -0.39 is 0 Å². The zero-order valence-corrected chi connectivity index (χ0v) is 12.0. The van der Waals surface area contributed by atoms with Gasteiger partial charge in [0.05, 0.1) is 6.04 Å². The number of hydrogen-bond donors (Lipinski definition) is 1. The molecule has 2 aromatic rings. The number of fused-ring (bicyclic) bond motifs is 2. The summed E-state index contributed by atoms with van der Waals surface area (Å²) in [7, 11) is 0. The van der Waals surface area contributed by atoms with Crippen LogP contribution in [0.25, 0.3) is 11.6 Å². The molecule has 21 heavy (non-hydrogen) atoms. The molecule has 1 heterocycles. The Morgan fingerprint density at radius 1 is 1.05 bits per heavy atom. The molecule has 0 saturated heterocycles. The first-order chi connectivity index (χ1) is 10.3. The van der Waals surface area contributed by atoms with Crippen molar-refractivity contribution in [1.82, 2.24) is 0 Å². The maximum atomic E-state index is 6.09. The van der Waals surface area contributed by atoms with Gasteiger partial charge >= 0.3 is 0 Å². The molecule has 0 saturated carbocycles. The monoisotopic (exact) mass is 275 g/mol. The summed E-state index contributed by atoms with van der Waals surface area (Å²) in [4.78, 5) is 0. The SMILES string of the molecule is CC#CC(N)CC1=Cc2ccccc2Oc2ccccc21. The molecule has 2 N–H and O–H groups in total. The van der Waals surface area contributed by atoms with E-state index in [2.05, 4.69) is 30.0 Å². The second kappa shape index (κ2) is 5.87. The summed E-state index contributed by atoms with van der Waals surface area (Å²) in [5, 5.41) is 0. The van der Waals surface area contributed by atoms with Crippen molar-refractivity contribution < 1.29 is 4.74 Å². The molecule has 0 bridgehead atoms. The van der Waals surface area contributed by atoms with Crippen LogP contribution in [0.1, 0.15) is 24.5 Å². The molecule has 2 nitrogen and oxygen atoms in total. The highest BCUT2D eigenvalue weighted by Crippen LogP contribution is 2.39. The molecule has 3 rings (SSSR count). The van der Waals surface area contributed by atoms with Gasteiger partial charge in [-0.05, 0) is 37.1 Å². The lowest BCUT2D eigenvalue weighted by molar-refractivity contribution is 0.481. The van der Waals surface area contributed by atoms with Crippen molar-refractivity contribution in [2.75, 3.05) is 0 Å². The first-order valence-electron chi connectivity index (χ1n) is 7.02. The quantitative estimate of drug-likeness (QED) is 0.838. The van der Waals surface area contributed by atoms with E-state index in [0.717, 1.165) is 28.2 Å². The van der Waals surface area contributed by atoms with E-state index in [4.69, 9.17) is 10.5 Å². The van der Waals surface area contributed by atoms with Gasteiger partial charge in [0.25, 0.3) is 0 Å². The van der Waals surface area contributed by atoms with Gasteiger partial charge < -0.3 is 10.5 Å². The van der Waals surface area contributed by atoms with Crippen LogP contribution in [0.3, 0.4) is 0 Å². The number of nitrogens with two attached hydrogens (primary N) is 1. The lowest BCUT2D eigenvalue weighted by atomic mass is 9.96. The van der Waals surface area contributed by atoms with Gasteiger partial charge in [-0.3, -0.25) is 0 Å². The lowest BCUT2D eigenvalue weighted by Crippen LogP contribution is -2.17. The summed E-state index contributed by atoms with van der Waals surface area (Å²) in [5.74, 6) is 7.63. The van der Waals surface area contributed by atoms with E-state index in [1.54, 1.807) is 0 Å². The van der Waals surface area contributed by atoms with Crippen molar-refractivity contribution in [2.45, 2.75) is 19.4 Å². The molecule has 1 unspecified atom stereocenters. The summed E-state index contributed by atoms with van der Waals surface area (Å²) < 4.78 is 6.05. The highest BCUT2D eigenvalue weighted by atomic mass is 16.5. The molecule has 0 fully saturated rings. The van der Waals surface area contributed by atoms with Gasteiger partial charge in [0, 0.05) is 11.1 Å². The van der Waals surface area contributed by atoms with Gasteiger partial charge in [-0.2, -0.15) is 0 Å². The summed E-state index contributed by atoms with van der Waals surface area (Å²) in [6, 6.07) is 15.9. The number of benzene rings is 2. The zero-order chi connectivity index (χ0) is 14.7. The third-order valence-corrected chi connectivity index (χ3v) is 3.47. The van der Waals surface area contributed by atoms with Crippen LogP contribution in [-0.2, 0) is 0 Å². The van der Waals surface area contributed by atoms with Crippen molar-refractivity contribution in [3.05, 3.63) is 59.7 Å². The predicted octanol–water partition coefficient (Wildman–Crippen LogP) is 4.07. The third kappa shape index (κ3) is 2.84. The Bertz CT molecular complexity index is 749. The van der Waals surface area contributed by atoms with Crippen LogP contribution in [0.2, 0.25) is 0 Å². The maximum Gasteiger partial charge on any atom is 0.134 e. The second-order valence-electron chi connectivity index (χ2n) is 5.01. The van der Waals surface area contributed by atoms with Crippen molar-refractivity contribution in [2.24, 2.45) is 5.73 Å². The molecule has 0 aliphatic carbocycles. The van der Waals surface area contributed by atoms with E-state index in [1.807, 2.05) is 43.3 Å². The minimum Gasteiger partial charge on any atom is -0.456 e.